The van der Waals surface area contributed by atoms with Gasteiger partial charge in [0.25, 0.3) is 12.3 Å². The molecule has 1 aromatic carbocycles. The number of rotatable bonds is 8. The molecule has 3 rings (SSSR count). The highest BCUT2D eigenvalue weighted by Crippen LogP contribution is 2.39. The minimum atomic E-state index is -2.68. The molecule has 0 aliphatic carbocycles. The van der Waals surface area contributed by atoms with Crippen molar-refractivity contribution in [2.75, 3.05) is 13.7 Å². The van der Waals surface area contributed by atoms with Crippen molar-refractivity contribution >= 4 is 35.1 Å². The first-order valence-electron chi connectivity index (χ1n) is 9.88. The zero-order valence-corrected chi connectivity index (χ0v) is 19.8. The first kappa shape index (κ1) is 26.0. The summed E-state index contributed by atoms with van der Waals surface area (Å²) in [6, 6.07) is 5.18. The zero-order chi connectivity index (χ0) is 25.5. The molecule has 186 valence electrons. The van der Waals surface area contributed by atoms with E-state index >= 15 is 0 Å². The molecule has 14 heteroatoms. The Morgan fingerprint density at radius 2 is 1.94 bits per heavy atom. The first-order chi connectivity index (χ1) is 16.7. The van der Waals surface area contributed by atoms with Crippen molar-refractivity contribution in [3.63, 3.8) is 0 Å². The van der Waals surface area contributed by atoms with Gasteiger partial charge in [0.1, 0.15) is 12.4 Å². The number of nitrogens with one attached hydrogen (secondary N) is 3. The van der Waals surface area contributed by atoms with Crippen LogP contribution < -0.4 is 25.6 Å². The molecule has 10 nitrogen and oxygen atoms in total. The summed E-state index contributed by atoms with van der Waals surface area (Å²) < 4.78 is 40.1. The zero-order valence-electron chi connectivity index (χ0n) is 18.3. The number of carbonyl (C=O) groups excluding carboxylic acids is 2. The second-order valence-electron chi connectivity index (χ2n) is 6.95. The molecule has 0 unspecified atom stereocenters. The highest BCUT2D eigenvalue weighted by molar-refractivity contribution is 6.36. The molecule has 0 aliphatic rings. The minimum Gasteiger partial charge on any atom is -0.485 e. The van der Waals surface area contributed by atoms with Crippen molar-refractivity contribution in [3.8, 4) is 22.8 Å². The second-order valence-corrected chi connectivity index (χ2v) is 7.79. The van der Waals surface area contributed by atoms with Crippen LogP contribution in [0.4, 0.5) is 13.6 Å². The van der Waals surface area contributed by atoms with Gasteiger partial charge in [0.05, 0.1) is 30.4 Å². The van der Waals surface area contributed by atoms with E-state index in [1.165, 1.54) is 31.5 Å². The van der Waals surface area contributed by atoms with Crippen molar-refractivity contribution in [1.29, 1.82) is 0 Å². The summed E-state index contributed by atoms with van der Waals surface area (Å²) in [7, 11) is 1.36. The molecule has 0 atom stereocenters. The van der Waals surface area contributed by atoms with Gasteiger partial charge in [-0.05, 0) is 35.8 Å². The SMILES string of the molecule is COc1cc(C(=O)NNC(=O)NCc2ncc(-c3cc(Cl)cc(Cl)c3OCC(F)F)cc2C)on1. The highest BCUT2D eigenvalue weighted by Gasteiger charge is 2.17. The number of pyridine rings is 1. The largest absolute Gasteiger partial charge is 0.485 e. The Bertz CT molecular complexity index is 1220. The third-order valence-electron chi connectivity index (χ3n) is 4.49. The summed E-state index contributed by atoms with van der Waals surface area (Å²) in [5, 5.41) is 6.39. The standard InChI is InChI=1S/C21H19Cl2F2N5O5/c1-10-3-11(13-4-12(22)5-14(23)19(13)34-9-17(24)25)7-26-15(10)8-27-21(32)29-28-20(31)16-6-18(33-2)30-35-16/h3-7,17H,8-9H2,1-2H3,(H,28,31)(H2,27,29,32). The third-order valence-corrected chi connectivity index (χ3v) is 4.99. The van der Waals surface area contributed by atoms with Gasteiger partial charge in [0.15, 0.2) is 0 Å². The molecule has 0 saturated carbocycles. The van der Waals surface area contributed by atoms with Gasteiger partial charge in [-0.1, -0.05) is 23.2 Å². The van der Waals surface area contributed by atoms with Crippen molar-refractivity contribution in [2.24, 2.45) is 0 Å². The fraction of sp³-hybridized carbons (Fsp3) is 0.238. The second kappa shape index (κ2) is 11.7. The smallest absolute Gasteiger partial charge is 0.333 e. The van der Waals surface area contributed by atoms with E-state index in [-0.39, 0.29) is 29.0 Å². The topological polar surface area (TPSA) is 128 Å². The Morgan fingerprint density at radius 3 is 2.60 bits per heavy atom. The molecule has 0 spiro atoms. The lowest BCUT2D eigenvalue weighted by Gasteiger charge is -2.15. The van der Waals surface area contributed by atoms with Crippen LogP contribution in [0.3, 0.4) is 0 Å². The van der Waals surface area contributed by atoms with Crippen molar-refractivity contribution in [1.82, 2.24) is 26.3 Å². The third kappa shape index (κ3) is 6.93. The van der Waals surface area contributed by atoms with E-state index in [9.17, 15) is 18.4 Å². The molecule has 35 heavy (non-hydrogen) atoms. The molecule has 0 saturated heterocycles. The fourth-order valence-corrected chi connectivity index (χ4v) is 3.40. The van der Waals surface area contributed by atoms with E-state index in [0.29, 0.717) is 27.4 Å². The average Bonchev–Trinajstić information content (AvgIpc) is 3.30. The van der Waals surface area contributed by atoms with Gasteiger partial charge < -0.3 is 19.3 Å². The molecular weight excluding hydrogens is 511 g/mol. The summed E-state index contributed by atoms with van der Waals surface area (Å²) in [5.41, 5.74) is 6.42. The Labute approximate surface area is 207 Å². The van der Waals surface area contributed by atoms with Gasteiger partial charge in [-0.2, -0.15) is 0 Å². The normalized spacial score (nSPS) is 10.7. The molecule has 2 aromatic heterocycles. The molecule has 3 aromatic rings. The Hall–Kier alpha value is -3.64. The van der Waals surface area contributed by atoms with E-state index in [1.54, 1.807) is 13.0 Å². The van der Waals surface area contributed by atoms with Crippen LogP contribution in [0.25, 0.3) is 11.1 Å². The summed E-state index contributed by atoms with van der Waals surface area (Å²) in [6.45, 7) is 0.934. The number of nitrogens with zero attached hydrogens (tertiary/aromatic N) is 2. The Morgan fingerprint density at radius 1 is 1.17 bits per heavy atom. The number of urea groups is 1. The Kier molecular flexibility index (Phi) is 8.66. The van der Waals surface area contributed by atoms with Crippen LogP contribution in [0.1, 0.15) is 21.8 Å². The van der Waals surface area contributed by atoms with E-state index in [1.807, 2.05) is 0 Å². The molecule has 0 aliphatic heterocycles. The van der Waals surface area contributed by atoms with Crippen molar-refractivity contribution < 1.29 is 32.4 Å². The number of benzene rings is 1. The number of hydrogen-bond acceptors (Lipinski definition) is 7. The summed E-state index contributed by atoms with van der Waals surface area (Å²) in [4.78, 5) is 28.2. The van der Waals surface area contributed by atoms with Gasteiger partial charge in [-0.3, -0.25) is 15.2 Å². The van der Waals surface area contributed by atoms with Crippen LogP contribution in [-0.2, 0) is 6.54 Å². The average molecular weight is 530 g/mol. The molecule has 0 fully saturated rings. The number of alkyl halides is 2. The van der Waals surface area contributed by atoms with E-state index in [4.69, 9.17) is 37.2 Å². The highest BCUT2D eigenvalue weighted by atomic mass is 35.5. The van der Waals surface area contributed by atoms with Crippen molar-refractivity contribution in [3.05, 3.63) is 57.5 Å². The summed E-state index contributed by atoms with van der Waals surface area (Å²) in [6.07, 6.45) is -1.21. The number of hydrazine groups is 1. The molecule has 2 heterocycles. The van der Waals surface area contributed by atoms with Gasteiger partial charge in [-0.15, -0.1) is 0 Å². The quantitative estimate of drug-likeness (QED) is 0.374. The molecule has 3 amide bonds. The molecule has 0 bridgehead atoms. The number of methoxy groups -OCH3 is 1. The van der Waals surface area contributed by atoms with Gasteiger partial charge >= 0.3 is 11.9 Å². The predicted octanol–water partition coefficient (Wildman–Crippen LogP) is 4.15. The van der Waals surface area contributed by atoms with Crippen LogP contribution >= 0.6 is 23.2 Å². The number of halogens is 4. The number of carbonyl (C=O) groups is 2. The summed E-state index contributed by atoms with van der Waals surface area (Å²) in [5.74, 6) is -0.729. The number of aromatic nitrogens is 2. The van der Waals surface area contributed by atoms with Gasteiger partial charge in [-0.25, -0.2) is 19.0 Å². The monoisotopic (exact) mass is 529 g/mol. The molecular formula is C21H19Cl2F2N5O5. The van der Waals surface area contributed by atoms with E-state index in [2.05, 4.69) is 26.3 Å². The predicted molar refractivity (Wildman–Crippen MR) is 122 cm³/mol. The van der Waals surface area contributed by atoms with Crippen LogP contribution in [-0.4, -0.2) is 42.2 Å². The first-order valence-corrected chi connectivity index (χ1v) is 10.6. The van der Waals surface area contributed by atoms with Crippen LogP contribution in [0.5, 0.6) is 11.6 Å². The fourth-order valence-electron chi connectivity index (χ4n) is 2.85. The number of ether oxygens (including phenoxy) is 2. The molecule has 3 N–H and O–H groups in total. The van der Waals surface area contributed by atoms with Crippen molar-refractivity contribution in [2.45, 2.75) is 19.9 Å². The lowest BCUT2D eigenvalue weighted by atomic mass is 10.0. The maximum atomic E-state index is 12.7. The Balaban J connectivity index is 1.63. The number of amides is 3. The summed E-state index contributed by atoms with van der Waals surface area (Å²) >= 11 is 12.2. The maximum Gasteiger partial charge on any atom is 0.333 e. The van der Waals surface area contributed by atoms with Crippen LogP contribution in [0.2, 0.25) is 10.0 Å². The maximum absolute atomic E-state index is 12.7. The van der Waals surface area contributed by atoms with Gasteiger partial charge in [0, 0.05) is 22.3 Å². The number of aryl methyl sites for hydroxylation is 1. The lowest BCUT2D eigenvalue weighted by Crippen LogP contribution is -2.46. The number of hydrogen-bond donors (Lipinski definition) is 3. The lowest BCUT2D eigenvalue weighted by molar-refractivity contribution is 0.0822. The van der Waals surface area contributed by atoms with Gasteiger partial charge in [0.2, 0.25) is 5.76 Å². The van der Waals surface area contributed by atoms with E-state index in [0.717, 1.165) is 0 Å². The van der Waals surface area contributed by atoms with Crippen LogP contribution in [0, 0.1) is 6.92 Å². The van der Waals surface area contributed by atoms with Crippen LogP contribution in [0.15, 0.2) is 35.0 Å². The minimum absolute atomic E-state index is 0.0228. The molecule has 0 radical (unpaired) electrons. The van der Waals surface area contributed by atoms with E-state index < -0.39 is 25.0 Å².